The smallest absolute Gasteiger partial charge is 0.236 e. The molecule has 0 heterocycles. The number of fused-ring (bicyclic) bond motifs is 1. The monoisotopic (exact) mass is 202 g/mol. The van der Waals surface area contributed by atoms with E-state index in [2.05, 4.69) is 22.7 Å². The molecule has 3 nitrogen and oxygen atoms in total. The van der Waals surface area contributed by atoms with Gasteiger partial charge in [0, 0.05) is 12.5 Å². The zero-order chi connectivity index (χ0) is 10.7. The van der Waals surface area contributed by atoms with Crippen molar-refractivity contribution >= 4 is 11.6 Å². The first-order valence-corrected chi connectivity index (χ1v) is 5.19. The van der Waals surface area contributed by atoms with Gasteiger partial charge in [-0.05, 0) is 24.8 Å². The topological polar surface area (TPSA) is 41.5 Å². The molecule has 0 spiro atoms. The van der Waals surface area contributed by atoms with Gasteiger partial charge in [-0.25, -0.2) is 5.43 Å². The Morgan fingerprint density at radius 1 is 1.33 bits per heavy atom. The van der Waals surface area contributed by atoms with Crippen molar-refractivity contribution in [1.29, 1.82) is 0 Å². The molecule has 0 radical (unpaired) electrons. The molecule has 2 rings (SSSR count). The number of amides is 1. The van der Waals surface area contributed by atoms with Crippen molar-refractivity contribution in [3.05, 3.63) is 35.4 Å². The summed E-state index contributed by atoms with van der Waals surface area (Å²) in [5.74, 6) is -0.120. The van der Waals surface area contributed by atoms with E-state index in [4.69, 9.17) is 0 Å². The number of carbonyl (C=O) groups excluding carboxylic acids is 1. The summed E-state index contributed by atoms with van der Waals surface area (Å²) in [5, 5.41) is 4.14. The van der Waals surface area contributed by atoms with Crippen LogP contribution in [0, 0.1) is 0 Å². The first-order chi connectivity index (χ1) is 7.27. The zero-order valence-electron chi connectivity index (χ0n) is 8.79. The van der Waals surface area contributed by atoms with Crippen LogP contribution in [0.2, 0.25) is 0 Å². The molecule has 15 heavy (non-hydrogen) atoms. The zero-order valence-corrected chi connectivity index (χ0v) is 8.79. The Balaban J connectivity index is 2.29. The first-order valence-electron chi connectivity index (χ1n) is 5.19. The summed E-state index contributed by atoms with van der Waals surface area (Å²) in [6, 6.07) is 8.24. The molecule has 3 heteroatoms. The normalized spacial score (nSPS) is 17.3. The Morgan fingerprint density at radius 2 is 2.13 bits per heavy atom. The number of carbonyl (C=O) groups is 1. The molecule has 0 unspecified atom stereocenters. The Labute approximate surface area is 89.2 Å². The molecule has 1 aromatic carbocycles. The minimum Gasteiger partial charge on any atom is -0.274 e. The Kier molecular flexibility index (Phi) is 2.81. The summed E-state index contributed by atoms with van der Waals surface area (Å²) in [4.78, 5) is 10.8. The summed E-state index contributed by atoms with van der Waals surface area (Å²) < 4.78 is 0. The molecule has 0 atom stereocenters. The highest BCUT2D eigenvalue weighted by Gasteiger charge is 2.14. The lowest BCUT2D eigenvalue weighted by atomic mass is 9.90. The molecule has 1 amide bonds. The van der Waals surface area contributed by atoms with Gasteiger partial charge in [0.15, 0.2) is 0 Å². The van der Waals surface area contributed by atoms with Crippen LogP contribution < -0.4 is 5.43 Å². The summed E-state index contributed by atoms with van der Waals surface area (Å²) in [5.41, 5.74) is 6.00. The van der Waals surface area contributed by atoms with E-state index in [1.54, 1.807) is 0 Å². The lowest BCUT2D eigenvalue weighted by molar-refractivity contribution is -0.118. The van der Waals surface area contributed by atoms with Gasteiger partial charge in [0.2, 0.25) is 5.91 Å². The molecule has 1 aromatic rings. The number of hydrazone groups is 1. The minimum atomic E-state index is -0.120. The number of rotatable bonds is 1. The Bertz CT molecular complexity index is 410. The van der Waals surface area contributed by atoms with Crippen LogP contribution >= 0.6 is 0 Å². The van der Waals surface area contributed by atoms with Crippen molar-refractivity contribution in [2.45, 2.75) is 26.2 Å². The highest BCUT2D eigenvalue weighted by Crippen LogP contribution is 2.20. The number of benzene rings is 1. The average Bonchev–Trinajstić information content (AvgIpc) is 2.26. The van der Waals surface area contributed by atoms with Crippen molar-refractivity contribution in [2.24, 2.45) is 5.10 Å². The number of hydrogen-bond acceptors (Lipinski definition) is 2. The number of nitrogens with one attached hydrogen (secondary N) is 1. The number of hydrogen-bond donors (Lipinski definition) is 1. The highest BCUT2D eigenvalue weighted by molar-refractivity contribution is 6.03. The summed E-state index contributed by atoms with van der Waals surface area (Å²) in [6.07, 6.45) is 3.15. The predicted octanol–water partition coefficient (Wildman–Crippen LogP) is 1.86. The summed E-state index contributed by atoms with van der Waals surface area (Å²) in [6.45, 7) is 1.47. The van der Waals surface area contributed by atoms with Crippen LogP contribution in [0.1, 0.15) is 30.9 Å². The number of aryl methyl sites for hydroxylation is 1. The van der Waals surface area contributed by atoms with Crippen LogP contribution in [0.25, 0.3) is 0 Å². The molecular formula is C12H14N2O. The largest absolute Gasteiger partial charge is 0.274 e. The first kappa shape index (κ1) is 9.90. The molecular weight excluding hydrogens is 188 g/mol. The van der Waals surface area contributed by atoms with Gasteiger partial charge in [-0.2, -0.15) is 5.10 Å². The van der Waals surface area contributed by atoms with Gasteiger partial charge in [0.1, 0.15) is 0 Å². The van der Waals surface area contributed by atoms with E-state index in [0.29, 0.717) is 0 Å². The van der Waals surface area contributed by atoms with E-state index in [9.17, 15) is 4.79 Å². The van der Waals surface area contributed by atoms with Crippen molar-refractivity contribution in [3.8, 4) is 0 Å². The molecule has 0 saturated carbocycles. The fourth-order valence-corrected chi connectivity index (χ4v) is 1.86. The highest BCUT2D eigenvalue weighted by atomic mass is 16.2. The van der Waals surface area contributed by atoms with Crippen LogP contribution in [0.15, 0.2) is 29.4 Å². The SMILES string of the molecule is CC(=O)NN=C1CCCc2ccccc21. The second-order valence-electron chi connectivity index (χ2n) is 3.74. The molecule has 78 valence electrons. The molecule has 0 aliphatic heterocycles. The van der Waals surface area contributed by atoms with Crippen LogP contribution in [0.3, 0.4) is 0 Å². The fourth-order valence-electron chi connectivity index (χ4n) is 1.86. The van der Waals surface area contributed by atoms with Gasteiger partial charge in [-0.3, -0.25) is 4.79 Å². The summed E-state index contributed by atoms with van der Waals surface area (Å²) >= 11 is 0. The molecule has 1 N–H and O–H groups in total. The van der Waals surface area contributed by atoms with Gasteiger partial charge in [0.05, 0.1) is 5.71 Å². The maximum atomic E-state index is 10.8. The molecule has 0 saturated heterocycles. The molecule has 0 aromatic heterocycles. The van der Waals surface area contributed by atoms with Gasteiger partial charge >= 0.3 is 0 Å². The van der Waals surface area contributed by atoms with Gasteiger partial charge in [-0.15, -0.1) is 0 Å². The van der Waals surface area contributed by atoms with Crippen LogP contribution in [-0.4, -0.2) is 11.6 Å². The van der Waals surface area contributed by atoms with E-state index in [1.807, 2.05) is 12.1 Å². The van der Waals surface area contributed by atoms with Gasteiger partial charge < -0.3 is 0 Å². The van der Waals surface area contributed by atoms with Crippen molar-refractivity contribution in [3.63, 3.8) is 0 Å². The molecule has 0 fully saturated rings. The van der Waals surface area contributed by atoms with Crippen LogP contribution in [0.5, 0.6) is 0 Å². The number of nitrogens with zero attached hydrogens (tertiary/aromatic N) is 1. The quantitative estimate of drug-likeness (QED) is 0.694. The molecule has 1 aliphatic carbocycles. The third kappa shape index (κ3) is 2.24. The molecule has 0 bridgehead atoms. The van der Waals surface area contributed by atoms with Crippen molar-refractivity contribution < 1.29 is 4.79 Å². The van der Waals surface area contributed by atoms with Crippen LogP contribution in [-0.2, 0) is 11.2 Å². The summed E-state index contributed by atoms with van der Waals surface area (Å²) in [7, 11) is 0. The maximum absolute atomic E-state index is 10.8. The van der Waals surface area contributed by atoms with Gasteiger partial charge in [0.25, 0.3) is 0 Å². The van der Waals surface area contributed by atoms with E-state index < -0.39 is 0 Å². The minimum absolute atomic E-state index is 0.120. The standard InChI is InChI=1S/C12H14N2O/c1-9(15)13-14-12-8-4-6-10-5-2-3-7-11(10)12/h2-3,5,7H,4,6,8H2,1H3,(H,13,15). The van der Waals surface area contributed by atoms with E-state index in [0.717, 1.165) is 25.0 Å². The van der Waals surface area contributed by atoms with E-state index >= 15 is 0 Å². The fraction of sp³-hybridized carbons (Fsp3) is 0.333. The lowest BCUT2D eigenvalue weighted by Crippen LogP contribution is -2.19. The Hall–Kier alpha value is -1.64. The van der Waals surface area contributed by atoms with E-state index in [-0.39, 0.29) is 5.91 Å². The molecule has 1 aliphatic rings. The van der Waals surface area contributed by atoms with Crippen molar-refractivity contribution in [1.82, 2.24) is 5.43 Å². The average molecular weight is 202 g/mol. The van der Waals surface area contributed by atoms with Crippen molar-refractivity contribution in [2.75, 3.05) is 0 Å². The Morgan fingerprint density at radius 3 is 2.93 bits per heavy atom. The lowest BCUT2D eigenvalue weighted by Gasteiger charge is -2.17. The second-order valence-corrected chi connectivity index (χ2v) is 3.74. The third-order valence-corrected chi connectivity index (χ3v) is 2.54. The van der Waals surface area contributed by atoms with E-state index in [1.165, 1.54) is 18.1 Å². The maximum Gasteiger partial charge on any atom is 0.236 e. The van der Waals surface area contributed by atoms with Gasteiger partial charge in [-0.1, -0.05) is 24.3 Å². The predicted molar refractivity (Wildman–Crippen MR) is 59.7 cm³/mol. The van der Waals surface area contributed by atoms with Crippen LogP contribution in [0.4, 0.5) is 0 Å². The third-order valence-electron chi connectivity index (χ3n) is 2.54. The second kappa shape index (κ2) is 4.26.